The molecule has 0 bridgehead atoms. The number of nitrogens with zero attached hydrogens (tertiary/aromatic N) is 2. The Morgan fingerprint density at radius 2 is 1.71 bits per heavy atom. The fourth-order valence-corrected chi connectivity index (χ4v) is 2.31. The first kappa shape index (κ1) is 20.7. The van der Waals surface area contributed by atoms with Gasteiger partial charge in [-0.1, -0.05) is 11.2 Å². The molecule has 0 heterocycles. The topological polar surface area (TPSA) is 126 Å². The summed E-state index contributed by atoms with van der Waals surface area (Å²) in [5.41, 5.74) is 6.74. The fourth-order valence-electron chi connectivity index (χ4n) is 2.31. The molecule has 28 heavy (non-hydrogen) atoms. The van der Waals surface area contributed by atoms with E-state index in [-0.39, 0.29) is 17.9 Å². The van der Waals surface area contributed by atoms with Crippen molar-refractivity contribution in [2.75, 3.05) is 13.2 Å². The number of hydrogen-bond acceptors (Lipinski definition) is 7. The standard InChI is InChI=1S/C19H21N3O6/c1-3-26-16-10-5-13(11-17(16)27-4-2)12-18(23)28-21-19(20)14-6-8-15(9-7-14)22(24)25/h5-11H,3-4,12H2,1-2H3,(H2,20,21). The summed E-state index contributed by atoms with van der Waals surface area (Å²) in [5, 5.41) is 14.2. The van der Waals surface area contributed by atoms with Crippen molar-refractivity contribution < 1.29 is 24.0 Å². The van der Waals surface area contributed by atoms with Gasteiger partial charge in [0.1, 0.15) is 0 Å². The van der Waals surface area contributed by atoms with Crippen LogP contribution >= 0.6 is 0 Å². The summed E-state index contributed by atoms with van der Waals surface area (Å²) in [4.78, 5) is 27.0. The SMILES string of the molecule is CCOc1ccc(CC(=O)O/N=C(\N)c2ccc([N+](=O)[O-])cc2)cc1OCC. The smallest absolute Gasteiger partial charge is 0.339 e. The fraction of sp³-hybridized carbons (Fsp3) is 0.263. The van der Waals surface area contributed by atoms with E-state index in [9.17, 15) is 14.9 Å². The molecule has 0 aromatic heterocycles. The van der Waals surface area contributed by atoms with Crippen molar-refractivity contribution in [3.05, 3.63) is 63.7 Å². The van der Waals surface area contributed by atoms with Crippen LogP contribution in [0.2, 0.25) is 0 Å². The van der Waals surface area contributed by atoms with E-state index in [4.69, 9.17) is 20.0 Å². The molecule has 0 spiro atoms. The Hall–Kier alpha value is -3.62. The molecule has 0 fully saturated rings. The highest BCUT2D eigenvalue weighted by Gasteiger charge is 2.11. The van der Waals surface area contributed by atoms with E-state index in [1.807, 2.05) is 13.8 Å². The molecule has 0 atom stereocenters. The minimum Gasteiger partial charge on any atom is -0.490 e. The number of rotatable bonds is 9. The number of carbonyl (C=O) groups excluding carboxylic acids is 1. The molecule has 0 amide bonds. The number of oxime groups is 1. The van der Waals surface area contributed by atoms with Gasteiger partial charge in [-0.25, -0.2) is 4.79 Å². The number of nitrogens with two attached hydrogens (primary N) is 1. The highest BCUT2D eigenvalue weighted by molar-refractivity contribution is 5.97. The summed E-state index contributed by atoms with van der Waals surface area (Å²) < 4.78 is 11.0. The van der Waals surface area contributed by atoms with E-state index in [0.717, 1.165) is 0 Å². The predicted octanol–water partition coefficient (Wildman–Crippen LogP) is 2.80. The summed E-state index contributed by atoms with van der Waals surface area (Å²) in [6, 6.07) is 10.6. The van der Waals surface area contributed by atoms with Gasteiger partial charge in [0, 0.05) is 17.7 Å². The number of amidine groups is 1. The third kappa shape index (κ3) is 5.70. The van der Waals surface area contributed by atoms with Crippen LogP contribution in [0.25, 0.3) is 0 Å². The van der Waals surface area contributed by atoms with Gasteiger partial charge < -0.3 is 20.0 Å². The number of carbonyl (C=O) groups is 1. The average Bonchev–Trinajstić information content (AvgIpc) is 2.68. The maximum absolute atomic E-state index is 12.0. The Kier molecular flexibility index (Phi) is 7.32. The first-order chi connectivity index (χ1) is 13.4. The minimum atomic E-state index is -0.614. The van der Waals surface area contributed by atoms with Crippen molar-refractivity contribution in [3.63, 3.8) is 0 Å². The Labute approximate surface area is 161 Å². The third-order valence-corrected chi connectivity index (χ3v) is 3.58. The number of ether oxygens (including phenoxy) is 2. The van der Waals surface area contributed by atoms with E-state index in [2.05, 4.69) is 5.16 Å². The highest BCUT2D eigenvalue weighted by atomic mass is 16.7. The van der Waals surface area contributed by atoms with Gasteiger partial charge in [-0.15, -0.1) is 0 Å². The van der Waals surface area contributed by atoms with E-state index >= 15 is 0 Å². The molecule has 2 aromatic rings. The van der Waals surface area contributed by atoms with Gasteiger partial charge >= 0.3 is 5.97 Å². The molecule has 0 radical (unpaired) electrons. The van der Waals surface area contributed by atoms with E-state index in [1.54, 1.807) is 18.2 Å². The summed E-state index contributed by atoms with van der Waals surface area (Å²) in [5.74, 6) is 0.465. The number of nitro groups is 1. The van der Waals surface area contributed by atoms with Gasteiger partial charge in [-0.3, -0.25) is 10.1 Å². The van der Waals surface area contributed by atoms with Gasteiger partial charge in [-0.2, -0.15) is 0 Å². The molecule has 148 valence electrons. The van der Waals surface area contributed by atoms with Gasteiger partial charge in [0.2, 0.25) is 0 Å². The van der Waals surface area contributed by atoms with Crippen LogP contribution in [0.3, 0.4) is 0 Å². The lowest BCUT2D eigenvalue weighted by molar-refractivity contribution is -0.384. The Morgan fingerprint density at radius 1 is 1.07 bits per heavy atom. The van der Waals surface area contributed by atoms with Crippen molar-refractivity contribution in [1.29, 1.82) is 0 Å². The zero-order valence-corrected chi connectivity index (χ0v) is 15.6. The zero-order chi connectivity index (χ0) is 20.5. The zero-order valence-electron chi connectivity index (χ0n) is 15.6. The highest BCUT2D eigenvalue weighted by Crippen LogP contribution is 2.28. The van der Waals surface area contributed by atoms with Gasteiger partial charge in [0.15, 0.2) is 17.3 Å². The second-order valence-corrected chi connectivity index (χ2v) is 5.57. The van der Waals surface area contributed by atoms with Crippen molar-refractivity contribution in [3.8, 4) is 11.5 Å². The molecular formula is C19H21N3O6. The molecule has 0 saturated carbocycles. The van der Waals surface area contributed by atoms with Crippen LogP contribution in [0.15, 0.2) is 47.6 Å². The molecule has 2 rings (SSSR count). The summed E-state index contributed by atoms with van der Waals surface area (Å²) in [6.07, 6.45) is -0.0382. The normalized spacial score (nSPS) is 11.0. The van der Waals surface area contributed by atoms with E-state index < -0.39 is 10.9 Å². The predicted molar refractivity (Wildman–Crippen MR) is 102 cm³/mol. The Morgan fingerprint density at radius 3 is 2.32 bits per heavy atom. The number of non-ortho nitro benzene ring substituents is 1. The molecule has 0 aliphatic heterocycles. The summed E-state index contributed by atoms with van der Waals surface area (Å²) in [7, 11) is 0. The largest absolute Gasteiger partial charge is 0.490 e. The third-order valence-electron chi connectivity index (χ3n) is 3.58. The van der Waals surface area contributed by atoms with Crippen molar-refractivity contribution in [1.82, 2.24) is 0 Å². The molecule has 9 heteroatoms. The molecule has 0 aliphatic rings. The number of benzene rings is 2. The number of nitro benzene ring substituents is 1. The van der Waals surface area contributed by atoms with Crippen LogP contribution in [0.4, 0.5) is 5.69 Å². The molecule has 0 unspecified atom stereocenters. The van der Waals surface area contributed by atoms with Crippen LogP contribution < -0.4 is 15.2 Å². The molecule has 0 aliphatic carbocycles. The molecule has 0 saturated heterocycles. The van der Waals surface area contributed by atoms with Crippen LogP contribution in [-0.4, -0.2) is 29.9 Å². The quantitative estimate of drug-likeness (QED) is 0.230. The van der Waals surface area contributed by atoms with Gasteiger partial charge in [-0.05, 0) is 43.7 Å². The maximum Gasteiger partial charge on any atom is 0.339 e. The van der Waals surface area contributed by atoms with Crippen LogP contribution in [0.1, 0.15) is 25.0 Å². The van der Waals surface area contributed by atoms with E-state index in [0.29, 0.717) is 35.8 Å². The molecule has 2 aromatic carbocycles. The molecular weight excluding hydrogens is 366 g/mol. The first-order valence-electron chi connectivity index (χ1n) is 8.61. The van der Waals surface area contributed by atoms with Crippen LogP contribution in [0, 0.1) is 10.1 Å². The lowest BCUT2D eigenvalue weighted by Gasteiger charge is -2.12. The average molecular weight is 387 g/mol. The second kappa shape index (κ2) is 9.91. The molecule has 9 nitrogen and oxygen atoms in total. The van der Waals surface area contributed by atoms with E-state index in [1.165, 1.54) is 24.3 Å². The van der Waals surface area contributed by atoms with Crippen molar-refractivity contribution >= 4 is 17.5 Å². The van der Waals surface area contributed by atoms with Crippen molar-refractivity contribution in [2.45, 2.75) is 20.3 Å². The van der Waals surface area contributed by atoms with Crippen LogP contribution in [-0.2, 0) is 16.1 Å². The first-order valence-corrected chi connectivity index (χ1v) is 8.61. The lowest BCUT2D eigenvalue weighted by Crippen LogP contribution is -2.15. The summed E-state index contributed by atoms with van der Waals surface area (Å²) in [6.45, 7) is 4.68. The van der Waals surface area contributed by atoms with Gasteiger partial charge in [0.25, 0.3) is 5.69 Å². The monoisotopic (exact) mass is 387 g/mol. The summed E-state index contributed by atoms with van der Waals surface area (Å²) >= 11 is 0. The van der Waals surface area contributed by atoms with Crippen LogP contribution in [0.5, 0.6) is 11.5 Å². The Bertz CT molecular complexity index is 864. The minimum absolute atomic E-state index is 0.0382. The lowest BCUT2D eigenvalue weighted by atomic mass is 10.1. The Balaban J connectivity index is 2.01. The maximum atomic E-state index is 12.0. The molecule has 2 N–H and O–H groups in total. The van der Waals surface area contributed by atoms with Gasteiger partial charge in [0.05, 0.1) is 24.6 Å². The number of hydrogen-bond donors (Lipinski definition) is 1. The van der Waals surface area contributed by atoms with Crippen molar-refractivity contribution in [2.24, 2.45) is 10.9 Å². The second-order valence-electron chi connectivity index (χ2n) is 5.57.